The quantitative estimate of drug-likeness (QED) is 0.857. The molecule has 1 atom stereocenters. The summed E-state index contributed by atoms with van der Waals surface area (Å²) < 4.78 is 0. The molecule has 0 aliphatic heterocycles. The van der Waals surface area contributed by atoms with Gasteiger partial charge in [0.15, 0.2) is 0 Å². The molecule has 0 saturated heterocycles. The van der Waals surface area contributed by atoms with Crippen LogP contribution in [0.3, 0.4) is 0 Å². The van der Waals surface area contributed by atoms with E-state index in [9.17, 15) is 0 Å². The van der Waals surface area contributed by atoms with E-state index >= 15 is 0 Å². The van der Waals surface area contributed by atoms with Gasteiger partial charge < -0.3 is 10.2 Å². The van der Waals surface area contributed by atoms with E-state index in [0.717, 1.165) is 13.1 Å². The molecule has 0 amide bonds. The molecule has 1 N–H and O–H groups in total. The van der Waals surface area contributed by atoms with Crippen molar-refractivity contribution in [2.45, 2.75) is 19.9 Å². The predicted octanol–water partition coefficient (Wildman–Crippen LogP) is 3.78. The van der Waals surface area contributed by atoms with Crippen molar-refractivity contribution in [1.82, 2.24) is 5.32 Å². The van der Waals surface area contributed by atoms with Crippen LogP contribution in [-0.4, -0.2) is 20.1 Å². The van der Waals surface area contributed by atoms with Gasteiger partial charge in [0.2, 0.25) is 0 Å². The fraction of sp³-hybridized carbons (Fsp3) is 0.333. The molecule has 2 aromatic carbocycles. The molecule has 0 spiro atoms. The highest BCUT2D eigenvalue weighted by atomic mass is 15.1. The van der Waals surface area contributed by atoms with Crippen LogP contribution in [0.15, 0.2) is 54.6 Å². The van der Waals surface area contributed by atoms with Crippen molar-refractivity contribution in [3.63, 3.8) is 0 Å². The highest BCUT2D eigenvalue weighted by Crippen LogP contribution is 2.20. The molecule has 0 bridgehead atoms. The van der Waals surface area contributed by atoms with Crippen molar-refractivity contribution in [1.29, 1.82) is 0 Å². The third kappa shape index (κ3) is 3.61. The number of hydrogen-bond acceptors (Lipinski definition) is 2. The first-order chi connectivity index (χ1) is 9.74. The zero-order valence-electron chi connectivity index (χ0n) is 12.6. The Morgan fingerprint density at radius 3 is 2.40 bits per heavy atom. The van der Waals surface area contributed by atoms with E-state index in [1.807, 2.05) is 7.05 Å². The molecule has 20 heavy (non-hydrogen) atoms. The summed E-state index contributed by atoms with van der Waals surface area (Å²) in [6, 6.07) is 19.7. The van der Waals surface area contributed by atoms with E-state index in [-0.39, 0.29) is 0 Å². The van der Waals surface area contributed by atoms with E-state index in [2.05, 4.69) is 78.7 Å². The first-order valence-corrected chi connectivity index (χ1v) is 7.28. The van der Waals surface area contributed by atoms with Gasteiger partial charge in [-0.3, -0.25) is 0 Å². The minimum Gasteiger partial charge on any atom is -0.370 e. The summed E-state index contributed by atoms with van der Waals surface area (Å²) in [5.41, 5.74) is 3.94. The summed E-state index contributed by atoms with van der Waals surface area (Å²) in [4.78, 5) is 2.42. The van der Waals surface area contributed by atoms with Crippen LogP contribution in [-0.2, 0) is 0 Å². The summed E-state index contributed by atoms with van der Waals surface area (Å²) in [5, 5.41) is 3.43. The van der Waals surface area contributed by atoms with Crippen LogP contribution in [0.25, 0.3) is 0 Å². The predicted molar refractivity (Wildman–Crippen MR) is 87.3 cm³/mol. The minimum atomic E-state index is 0.344. The molecule has 0 fully saturated rings. The van der Waals surface area contributed by atoms with Crippen molar-refractivity contribution in [3.05, 3.63) is 65.7 Å². The lowest BCUT2D eigenvalue weighted by atomic mass is 10.1. The van der Waals surface area contributed by atoms with E-state index in [1.165, 1.54) is 16.8 Å². The summed E-state index contributed by atoms with van der Waals surface area (Å²) in [7, 11) is 2.03. The number of anilines is 1. The van der Waals surface area contributed by atoms with Gasteiger partial charge >= 0.3 is 0 Å². The SMILES string of the molecule is CCN(CC(NC)c1ccccc1)c1cccc(C)c1. The van der Waals surface area contributed by atoms with Gasteiger partial charge in [-0.1, -0.05) is 42.5 Å². The normalized spacial score (nSPS) is 12.2. The van der Waals surface area contributed by atoms with Crippen molar-refractivity contribution >= 4 is 5.69 Å². The smallest absolute Gasteiger partial charge is 0.0495 e. The van der Waals surface area contributed by atoms with Gasteiger partial charge in [-0.25, -0.2) is 0 Å². The fourth-order valence-electron chi connectivity index (χ4n) is 2.51. The Balaban J connectivity index is 2.16. The molecule has 2 nitrogen and oxygen atoms in total. The molecule has 0 aliphatic carbocycles. The van der Waals surface area contributed by atoms with Crippen LogP contribution in [0.5, 0.6) is 0 Å². The first-order valence-electron chi connectivity index (χ1n) is 7.28. The van der Waals surface area contributed by atoms with Crippen molar-refractivity contribution in [3.8, 4) is 0 Å². The average Bonchev–Trinajstić information content (AvgIpc) is 2.49. The fourth-order valence-corrected chi connectivity index (χ4v) is 2.51. The molecule has 0 radical (unpaired) electrons. The molecule has 0 aliphatic rings. The van der Waals surface area contributed by atoms with Crippen LogP contribution in [0, 0.1) is 6.92 Å². The van der Waals surface area contributed by atoms with E-state index < -0.39 is 0 Å². The van der Waals surface area contributed by atoms with Gasteiger partial charge in [-0.2, -0.15) is 0 Å². The lowest BCUT2D eigenvalue weighted by Gasteiger charge is -2.29. The number of nitrogens with one attached hydrogen (secondary N) is 1. The molecule has 106 valence electrons. The van der Waals surface area contributed by atoms with Gasteiger partial charge in [0.05, 0.1) is 0 Å². The maximum Gasteiger partial charge on any atom is 0.0495 e. The van der Waals surface area contributed by atoms with Crippen LogP contribution in [0.2, 0.25) is 0 Å². The van der Waals surface area contributed by atoms with E-state index in [1.54, 1.807) is 0 Å². The Bertz CT molecular complexity index is 522. The molecular formula is C18H24N2. The van der Waals surface area contributed by atoms with Crippen molar-refractivity contribution < 1.29 is 0 Å². The largest absolute Gasteiger partial charge is 0.370 e. The lowest BCUT2D eigenvalue weighted by Crippen LogP contribution is -2.33. The van der Waals surface area contributed by atoms with Crippen molar-refractivity contribution in [2.24, 2.45) is 0 Å². The Morgan fingerprint density at radius 2 is 1.80 bits per heavy atom. The summed E-state index contributed by atoms with van der Waals surface area (Å²) in [5.74, 6) is 0. The molecule has 0 saturated carbocycles. The van der Waals surface area contributed by atoms with Crippen LogP contribution >= 0.6 is 0 Å². The van der Waals surface area contributed by atoms with Crippen LogP contribution in [0.4, 0.5) is 5.69 Å². The molecule has 1 unspecified atom stereocenters. The maximum absolute atomic E-state index is 3.43. The second-order valence-electron chi connectivity index (χ2n) is 5.13. The molecule has 0 aromatic heterocycles. The maximum atomic E-state index is 3.43. The number of aryl methyl sites for hydroxylation is 1. The number of rotatable bonds is 6. The second-order valence-corrected chi connectivity index (χ2v) is 5.13. The van der Waals surface area contributed by atoms with Gasteiger partial charge in [-0.15, -0.1) is 0 Å². The number of benzene rings is 2. The molecule has 2 heteroatoms. The molecule has 2 aromatic rings. The highest BCUT2D eigenvalue weighted by Gasteiger charge is 2.13. The van der Waals surface area contributed by atoms with Crippen molar-refractivity contribution in [2.75, 3.05) is 25.0 Å². The topological polar surface area (TPSA) is 15.3 Å². The Morgan fingerprint density at radius 1 is 1.05 bits per heavy atom. The number of nitrogens with zero attached hydrogens (tertiary/aromatic N) is 1. The third-order valence-electron chi connectivity index (χ3n) is 3.70. The Kier molecular flexibility index (Phi) is 5.19. The van der Waals surface area contributed by atoms with Gasteiger partial charge in [0.1, 0.15) is 0 Å². The standard InChI is InChI=1S/C18H24N2/c1-4-20(17-12-8-9-15(2)13-17)14-18(19-3)16-10-6-5-7-11-16/h5-13,18-19H,4,14H2,1-3H3. The van der Waals surface area contributed by atoms with E-state index in [4.69, 9.17) is 0 Å². The van der Waals surface area contributed by atoms with Gasteiger partial charge in [-0.05, 0) is 44.2 Å². The van der Waals surface area contributed by atoms with Gasteiger partial charge in [0, 0.05) is 24.8 Å². The second kappa shape index (κ2) is 7.11. The van der Waals surface area contributed by atoms with Gasteiger partial charge in [0.25, 0.3) is 0 Å². The summed E-state index contributed by atoms with van der Waals surface area (Å²) in [6.07, 6.45) is 0. The Labute approximate surface area is 122 Å². The summed E-state index contributed by atoms with van der Waals surface area (Å²) in [6.45, 7) is 6.33. The average molecular weight is 268 g/mol. The number of hydrogen-bond donors (Lipinski definition) is 1. The zero-order chi connectivity index (χ0) is 14.4. The summed E-state index contributed by atoms with van der Waals surface area (Å²) >= 11 is 0. The molecular weight excluding hydrogens is 244 g/mol. The monoisotopic (exact) mass is 268 g/mol. The Hall–Kier alpha value is -1.80. The van der Waals surface area contributed by atoms with Crippen LogP contribution < -0.4 is 10.2 Å². The third-order valence-corrected chi connectivity index (χ3v) is 3.70. The highest BCUT2D eigenvalue weighted by molar-refractivity contribution is 5.48. The molecule has 2 rings (SSSR count). The minimum absolute atomic E-state index is 0.344. The van der Waals surface area contributed by atoms with Crippen LogP contribution in [0.1, 0.15) is 24.1 Å². The number of likely N-dealkylation sites (N-methyl/N-ethyl adjacent to an activating group) is 2. The van der Waals surface area contributed by atoms with E-state index in [0.29, 0.717) is 6.04 Å². The first kappa shape index (κ1) is 14.6. The lowest BCUT2D eigenvalue weighted by molar-refractivity contribution is 0.577. The molecule has 0 heterocycles. The zero-order valence-corrected chi connectivity index (χ0v) is 12.6.